The maximum absolute atomic E-state index is 12.7. The molecule has 2 heterocycles. The third kappa shape index (κ3) is 3.74. The fraction of sp³-hybridized carbons (Fsp3) is 0.312. The predicted octanol–water partition coefficient (Wildman–Crippen LogP) is 5.25. The molecule has 0 saturated carbocycles. The third-order valence-electron chi connectivity index (χ3n) is 3.98. The highest BCUT2D eigenvalue weighted by molar-refractivity contribution is 9.10. The number of nitrogens with one attached hydrogen (secondary N) is 1. The zero-order chi connectivity index (χ0) is 16.4. The molecule has 1 aromatic carbocycles. The molecule has 1 aromatic heterocycles. The van der Waals surface area contributed by atoms with Crippen LogP contribution in [-0.4, -0.2) is 19.1 Å². The van der Waals surface area contributed by atoms with Gasteiger partial charge in [-0.1, -0.05) is 51.3 Å². The lowest BCUT2D eigenvalue weighted by Gasteiger charge is -2.38. The molecule has 1 fully saturated rings. The number of benzene rings is 1. The van der Waals surface area contributed by atoms with Crippen molar-refractivity contribution >= 4 is 56.4 Å². The van der Waals surface area contributed by atoms with Gasteiger partial charge in [0.1, 0.15) is 4.34 Å². The first-order valence-corrected chi connectivity index (χ1v) is 9.48. The molecule has 1 amide bonds. The molecule has 1 N–H and O–H groups in total. The summed E-state index contributed by atoms with van der Waals surface area (Å²) in [4.78, 5) is 12.7. The molecular formula is C16H14BrCl2NO2S. The third-order valence-corrected chi connectivity index (χ3v) is 5.96. The minimum Gasteiger partial charge on any atom is -0.381 e. The molecule has 23 heavy (non-hydrogen) atoms. The summed E-state index contributed by atoms with van der Waals surface area (Å²) in [6.07, 6.45) is 1.43. The summed E-state index contributed by atoms with van der Waals surface area (Å²) < 4.78 is 7.37. The zero-order valence-corrected chi connectivity index (χ0v) is 16.0. The summed E-state index contributed by atoms with van der Waals surface area (Å²) in [7, 11) is 0. The van der Waals surface area contributed by atoms with Crippen molar-refractivity contribution in [3.8, 4) is 0 Å². The van der Waals surface area contributed by atoms with Gasteiger partial charge in [0.15, 0.2) is 0 Å². The lowest BCUT2D eigenvalue weighted by molar-refractivity contribution is 0.0345. The highest BCUT2D eigenvalue weighted by Gasteiger charge is 2.36. The van der Waals surface area contributed by atoms with E-state index in [4.69, 9.17) is 27.9 Å². The molecule has 0 aliphatic carbocycles. The Hall–Kier alpha value is -0.590. The van der Waals surface area contributed by atoms with Crippen molar-refractivity contribution in [2.24, 2.45) is 0 Å². The fourth-order valence-electron chi connectivity index (χ4n) is 2.77. The number of carbonyl (C=O) groups is 1. The number of hydrogen-bond donors (Lipinski definition) is 1. The molecule has 1 saturated heterocycles. The van der Waals surface area contributed by atoms with Gasteiger partial charge >= 0.3 is 0 Å². The van der Waals surface area contributed by atoms with Crippen molar-refractivity contribution in [1.29, 1.82) is 0 Å². The van der Waals surface area contributed by atoms with Gasteiger partial charge in [-0.2, -0.15) is 0 Å². The van der Waals surface area contributed by atoms with Gasteiger partial charge in [-0.15, -0.1) is 11.3 Å². The molecule has 0 radical (unpaired) electrons. The van der Waals surface area contributed by atoms with Crippen LogP contribution in [0.3, 0.4) is 0 Å². The van der Waals surface area contributed by atoms with Gasteiger partial charge in [-0.3, -0.25) is 4.79 Å². The molecule has 2 aromatic rings. The Bertz CT molecular complexity index is 729. The Kier molecular flexibility index (Phi) is 5.33. The molecule has 1 aliphatic rings. The number of carbonyl (C=O) groups excluding carboxylic acids is 1. The van der Waals surface area contributed by atoms with Crippen molar-refractivity contribution in [2.75, 3.05) is 13.2 Å². The zero-order valence-electron chi connectivity index (χ0n) is 12.1. The number of amides is 1. The van der Waals surface area contributed by atoms with Crippen LogP contribution in [0.15, 0.2) is 34.8 Å². The van der Waals surface area contributed by atoms with Crippen LogP contribution >= 0.6 is 50.5 Å². The van der Waals surface area contributed by atoms with Gasteiger partial charge in [0.05, 0.1) is 15.4 Å². The van der Waals surface area contributed by atoms with Crippen LogP contribution in [0.4, 0.5) is 0 Å². The predicted molar refractivity (Wildman–Crippen MR) is 97.7 cm³/mol. The monoisotopic (exact) mass is 433 g/mol. The van der Waals surface area contributed by atoms with E-state index in [1.54, 1.807) is 6.07 Å². The van der Waals surface area contributed by atoms with Crippen LogP contribution in [-0.2, 0) is 10.3 Å². The summed E-state index contributed by atoms with van der Waals surface area (Å²) in [5, 5.41) is 3.17. The number of ether oxygens (including phenoxy) is 1. The van der Waals surface area contributed by atoms with Crippen LogP contribution in [0.25, 0.3) is 0 Å². The van der Waals surface area contributed by atoms with Crippen molar-refractivity contribution < 1.29 is 9.53 Å². The van der Waals surface area contributed by atoms with Crippen molar-refractivity contribution in [3.63, 3.8) is 0 Å². The second kappa shape index (κ2) is 7.11. The first-order valence-electron chi connectivity index (χ1n) is 7.11. The van der Waals surface area contributed by atoms with Crippen molar-refractivity contribution in [2.45, 2.75) is 18.4 Å². The average Bonchev–Trinajstić information content (AvgIpc) is 2.87. The molecule has 0 bridgehead atoms. The van der Waals surface area contributed by atoms with Crippen LogP contribution in [0, 0.1) is 0 Å². The quantitative estimate of drug-likeness (QED) is 0.715. The second-order valence-electron chi connectivity index (χ2n) is 5.40. The van der Waals surface area contributed by atoms with Crippen molar-refractivity contribution in [3.05, 3.63) is 54.6 Å². The summed E-state index contributed by atoms with van der Waals surface area (Å²) in [5.74, 6) is -0.208. The van der Waals surface area contributed by atoms with E-state index in [0.717, 1.165) is 10.0 Å². The topological polar surface area (TPSA) is 38.3 Å². The highest BCUT2D eigenvalue weighted by Crippen LogP contribution is 2.36. The van der Waals surface area contributed by atoms with Gasteiger partial charge in [-0.05, 0) is 36.6 Å². The van der Waals surface area contributed by atoms with E-state index in [-0.39, 0.29) is 5.91 Å². The van der Waals surface area contributed by atoms with E-state index in [9.17, 15) is 4.79 Å². The number of rotatable bonds is 3. The maximum atomic E-state index is 12.7. The summed E-state index contributed by atoms with van der Waals surface area (Å²) in [5.41, 5.74) is 1.01. The normalized spacial score (nSPS) is 17.0. The maximum Gasteiger partial charge on any atom is 0.254 e. The van der Waals surface area contributed by atoms with Gasteiger partial charge in [0.2, 0.25) is 0 Å². The SMILES string of the molecule is O=C(NC1(c2cccc(Br)c2)CCOCC1)c1cc(Cl)sc1Cl. The number of halogens is 3. The first kappa shape index (κ1) is 17.2. The lowest BCUT2D eigenvalue weighted by Crippen LogP contribution is -2.49. The molecule has 122 valence electrons. The van der Waals surface area contributed by atoms with Crippen LogP contribution in [0.5, 0.6) is 0 Å². The summed E-state index contributed by atoms with van der Waals surface area (Å²) in [6.45, 7) is 1.20. The second-order valence-corrected chi connectivity index (χ2v) is 8.60. The van der Waals surface area contributed by atoms with E-state index >= 15 is 0 Å². The molecule has 1 aliphatic heterocycles. The molecule has 0 unspecified atom stereocenters. The van der Waals surface area contributed by atoms with Gasteiger partial charge < -0.3 is 10.1 Å². The van der Waals surface area contributed by atoms with Crippen LogP contribution < -0.4 is 5.32 Å². The Labute approximate surface area is 157 Å². The average molecular weight is 435 g/mol. The van der Waals surface area contributed by atoms with E-state index in [2.05, 4.69) is 21.2 Å². The molecule has 3 nitrogen and oxygen atoms in total. The van der Waals surface area contributed by atoms with Crippen LogP contribution in [0.2, 0.25) is 8.67 Å². The van der Waals surface area contributed by atoms with E-state index in [1.807, 2.05) is 24.3 Å². The van der Waals surface area contributed by atoms with E-state index in [0.29, 0.717) is 40.3 Å². The minimum absolute atomic E-state index is 0.208. The van der Waals surface area contributed by atoms with Crippen molar-refractivity contribution in [1.82, 2.24) is 5.32 Å². The Morgan fingerprint density at radius 3 is 2.61 bits per heavy atom. The number of thiophene rings is 1. The van der Waals surface area contributed by atoms with E-state index in [1.165, 1.54) is 11.3 Å². The van der Waals surface area contributed by atoms with Crippen LogP contribution in [0.1, 0.15) is 28.8 Å². The highest BCUT2D eigenvalue weighted by atomic mass is 79.9. The Morgan fingerprint density at radius 1 is 1.26 bits per heavy atom. The van der Waals surface area contributed by atoms with Gasteiger partial charge in [-0.25, -0.2) is 0 Å². The largest absolute Gasteiger partial charge is 0.381 e. The van der Waals surface area contributed by atoms with E-state index < -0.39 is 5.54 Å². The summed E-state index contributed by atoms with van der Waals surface area (Å²) in [6, 6.07) is 9.61. The standard InChI is InChI=1S/C16H14BrCl2NO2S/c17-11-3-1-2-10(8-11)16(4-6-22-7-5-16)20-15(21)12-9-13(18)23-14(12)19/h1-3,8-9H,4-7H2,(H,20,21). The first-order chi connectivity index (χ1) is 11.0. The van der Waals surface area contributed by atoms with Gasteiger partial charge in [0, 0.05) is 17.7 Å². The Balaban J connectivity index is 1.93. The molecule has 0 atom stereocenters. The Morgan fingerprint density at radius 2 is 2.00 bits per heavy atom. The summed E-state index contributed by atoms with van der Waals surface area (Å²) >= 11 is 16.8. The number of hydrogen-bond acceptors (Lipinski definition) is 3. The molecule has 0 spiro atoms. The lowest BCUT2D eigenvalue weighted by atomic mass is 9.82. The van der Waals surface area contributed by atoms with Gasteiger partial charge in [0.25, 0.3) is 5.91 Å². The smallest absolute Gasteiger partial charge is 0.254 e. The fourth-order valence-corrected chi connectivity index (χ4v) is 4.63. The molecule has 3 rings (SSSR count). The molecular weight excluding hydrogens is 421 g/mol. The molecule has 7 heteroatoms. The minimum atomic E-state index is -0.461.